The SMILES string of the molecule is COCCCNC(=NCc1cnc(C)s1)NN. The summed E-state index contributed by atoms with van der Waals surface area (Å²) < 4.78 is 4.95. The number of methoxy groups -OCH3 is 1. The van der Waals surface area contributed by atoms with E-state index in [4.69, 9.17) is 10.6 Å². The van der Waals surface area contributed by atoms with Gasteiger partial charge in [-0.3, -0.25) is 5.43 Å². The van der Waals surface area contributed by atoms with E-state index in [1.165, 1.54) is 0 Å². The van der Waals surface area contributed by atoms with Crippen LogP contribution in [0.5, 0.6) is 0 Å². The maximum Gasteiger partial charge on any atom is 0.206 e. The molecule has 0 atom stereocenters. The zero-order valence-electron chi connectivity index (χ0n) is 10.2. The Bertz CT molecular complexity index is 352. The third-order valence-electron chi connectivity index (χ3n) is 2.02. The number of aryl methyl sites for hydroxylation is 1. The van der Waals surface area contributed by atoms with Crippen LogP contribution in [-0.4, -0.2) is 31.2 Å². The van der Waals surface area contributed by atoms with Crippen molar-refractivity contribution in [3.8, 4) is 0 Å². The van der Waals surface area contributed by atoms with Gasteiger partial charge < -0.3 is 10.1 Å². The third kappa shape index (κ3) is 5.62. The average Bonchev–Trinajstić information content (AvgIpc) is 2.74. The van der Waals surface area contributed by atoms with E-state index >= 15 is 0 Å². The summed E-state index contributed by atoms with van der Waals surface area (Å²) in [5.74, 6) is 5.96. The molecule has 0 saturated heterocycles. The molecule has 0 bridgehead atoms. The van der Waals surface area contributed by atoms with E-state index in [9.17, 15) is 0 Å². The van der Waals surface area contributed by atoms with Crippen LogP contribution in [0.25, 0.3) is 0 Å². The van der Waals surface area contributed by atoms with E-state index in [1.807, 2.05) is 13.1 Å². The molecule has 1 heterocycles. The Labute approximate surface area is 105 Å². The van der Waals surface area contributed by atoms with Gasteiger partial charge in [-0.05, 0) is 13.3 Å². The van der Waals surface area contributed by atoms with Crippen molar-refractivity contribution >= 4 is 17.3 Å². The molecule has 7 heteroatoms. The molecule has 0 aliphatic carbocycles. The molecule has 0 fully saturated rings. The highest BCUT2D eigenvalue weighted by atomic mass is 32.1. The molecule has 0 aromatic carbocycles. The van der Waals surface area contributed by atoms with Gasteiger partial charge in [0, 0.05) is 31.3 Å². The lowest BCUT2D eigenvalue weighted by atomic mass is 10.4. The lowest BCUT2D eigenvalue weighted by molar-refractivity contribution is 0.195. The second-order valence-corrected chi connectivity index (χ2v) is 4.75. The molecule has 0 amide bonds. The van der Waals surface area contributed by atoms with E-state index in [0.717, 1.165) is 29.5 Å². The number of nitrogens with one attached hydrogen (secondary N) is 2. The van der Waals surface area contributed by atoms with Gasteiger partial charge in [-0.25, -0.2) is 15.8 Å². The van der Waals surface area contributed by atoms with E-state index < -0.39 is 0 Å². The number of nitrogens with two attached hydrogens (primary N) is 1. The Morgan fingerprint density at radius 2 is 2.47 bits per heavy atom. The summed E-state index contributed by atoms with van der Waals surface area (Å²) in [5, 5.41) is 4.15. The molecule has 0 radical (unpaired) electrons. The Morgan fingerprint density at radius 1 is 1.65 bits per heavy atom. The number of hydrazine groups is 1. The number of hydrogen-bond acceptors (Lipinski definition) is 5. The number of guanidine groups is 1. The highest BCUT2D eigenvalue weighted by Gasteiger charge is 1.98. The van der Waals surface area contributed by atoms with E-state index in [2.05, 4.69) is 20.7 Å². The molecule has 96 valence electrons. The van der Waals surface area contributed by atoms with E-state index in [0.29, 0.717) is 12.5 Å². The van der Waals surface area contributed by atoms with Gasteiger partial charge in [0.1, 0.15) is 0 Å². The lowest BCUT2D eigenvalue weighted by Gasteiger charge is -2.08. The summed E-state index contributed by atoms with van der Waals surface area (Å²) in [5.41, 5.74) is 2.54. The van der Waals surface area contributed by atoms with Crippen molar-refractivity contribution in [1.29, 1.82) is 0 Å². The molecule has 1 aromatic rings. The summed E-state index contributed by atoms with van der Waals surface area (Å²) in [6.45, 7) is 4.06. The molecule has 0 aliphatic heterocycles. The maximum atomic E-state index is 5.37. The first-order valence-corrected chi connectivity index (χ1v) is 6.23. The van der Waals surface area contributed by atoms with Crippen LogP contribution in [-0.2, 0) is 11.3 Å². The zero-order valence-corrected chi connectivity index (χ0v) is 11.0. The molecule has 0 saturated carbocycles. The average molecular weight is 257 g/mol. The molecule has 6 nitrogen and oxygen atoms in total. The first-order chi connectivity index (χ1) is 8.26. The number of hydrogen-bond donors (Lipinski definition) is 3. The highest BCUT2D eigenvalue weighted by Crippen LogP contribution is 2.11. The van der Waals surface area contributed by atoms with Crippen molar-refractivity contribution < 1.29 is 4.74 Å². The predicted molar refractivity (Wildman–Crippen MR) is 69.8 cm³/mol. The van der Waals surface area contributed by atoms with Crippen molar-refractivity contribution in [2.24, 2.45) is 10.8 Å². The predicted octanol–water partition coefficient (Wildman–Crippen LogP) is 0.397. The summed E-state index contributed by atoms with van der Waals surface area (Å²) >= 11 is 1.64. The van der Waals surface area contributed by atoms with Gasteiger partial charge in [0.25, 0.3) is 0 Å². The Morgan fingerprint density at radius 3 is 3.06 bits per heavy atom. The quantitative estimate of drug-likeness (QED) is 0.226. The van der Waals surface area contributed by atoms with Gasteiger partial charge >= 0.3 is 0 Å². The maximum absolute atomic E-state index is 5.37. The fraction of sp³-hybridized carbons (Fsp3) is 0.600. The number of ether oxygens (including phenoxy) is 1. The Balaban J connectivity index is 2.33. The minimum Gasteiger partial charge on any atom is -0.385 e. The van der Waals surface area contributed by atoms with Crippen molar-refractivity contribution in [3.63, 3.8) is 0 Å². The van der Waals surface area contributed by atoms with Crippen molar-refractivity contribution in [2.75, 3.05) is 20.3 Å². The van der Waals surface area contributed by atoms with Crippen LogP contribution < -0.4 is 16.6 Å². The van der Waals surface area contributed by atoms with E-state index in [-0.39, 0.29) is 0 Å². The normalized spacial score (nSPS) is 11.6. The van der Waals surface area contributed by atoms with Gasteiger partial charge in [0.15, 0.2) is 0 Å². The van der Waals surface area contributed by atoms with Gasteiger partial charge in [-0.2, -0.15) is 0 Å². The molecular weight excluding hydrogens is 238 g/mol. The smallest absolute Gasteiger partial charge is 0.206 e. The van der Waals surface area contributed by atoms with Crippen molar-refractivity contribution in [3.05, 3.63) is 16.1 Å². The summed E-state index contributed by atoms with van der Waals surface area (Å²) in [6, 6.07) is 0. The zero-order chi connectivity index (χ0) is 12.5. The second-order valence-electron chi connectivity index (χ2n) is 3.43. The Kier molecular flexibility index (Phi) is 6.53. The van der Waals surface area contributed by atoms with Gasteiger partial charge in [-0.1, -0.05) is 0 Å². The first kappa shape index (κ1) is 13.9. The van der Waals surface area contributed by atoms with Crippen LogP contribution in [0.4, 0.5) is 0 Å². The molecule has 0 spiro atoms. The minimum atomic E-state index is 0.586. The molecule has 17 heavy (non-hydrogen) atoms. The fourth-order valence-electron chi connectivity index (χ4n) is 1.21. The second kappa shape index (κ2) is 7.99. The van der Waals surface area contributed by atoms with Crippen LogP contribution in [0.2, 0.25) is 0 Å². The van der Waals surface area contributed by atoms with Crippen LogP contribution in [0.15, 0.2) is 11.2 Å². The summed E-state index contributed by atoms with van der Waals surface area (Å²) in [7, 11) is 1.68. The number of nitrogens with zero attached hydrogens (tertiary/aromatic N) is 2. The molecule has 4 N–H and O–H groups in total. The number of thiazole rings is 1. The van der Waals surface area contributed by atoms with Crippen LogP contribution >= 0.6 is 11.3 Å². The topological polar surface area (TPSA) is 84.6 Å². The highest BCUT2D eigenvalue weighted by molar-refractivity contribution is 7.11. The minimum absolute atomic E-state index is 0.586. The molecule has 0 aliphatic rings. The lowest BCUT2D eigenvalue weighted by Crippen LogP contribution is -2.42. The van der Waals surface area contributed by atoms with Crippen LogP contribution in [0.3, 0.4) is 0 Å². The molecule has 1 aromatic heterocycles. The van der Waals surface area contributed by atoms with E-state index in [1.54, 1.807) is 18.4 Å². The molecule has 1 rings (SSSR count). The number of aromatic nitrogens is 1. The number of aliphatic imine (C=N–C) groups is 1. The standard InChI is InChI=1S/C10H19N5OS/c1-8-13-6-9(17-8)7-14-10(15-11)12-4-3-5-16-2/h6H,3-5,7,11H2,1-2H3,(H2,12,14,15). The fourth-order valence-corrected chi connectivity index (χ4v) is 1.93. The largest absolute Gasteiger partial charge is 0.385 e. The summed E-state index contributed by atoms with van der Waals surface area (Å²) in [6.07, 6.45) is 2.75. The van der Waals surface area contributed by atoms with Crippen molar-refractivity contribution in [1.82, 2.24) is 15.7 Å². The number of rotatable bonds is 6. The molecule has 0 unspecified atom stereocenters. The Hall–Kier alpha value is -1.18. The van der Waals surface area contributed by atoms with Gasteiger partial charge in [0.2, 0.25) is 5.96 Å². The van der Waals surface area contributed by atoms with Crippen LogP contribution in [0, 0.1) is 6.92 Å². The van der Waals surface area contributed by atoms with Crippen molar-refractivity contribution in [2.45, 2.75) is 19.9 Å². The first-order valence-electron chi connectivity index (χ1n) is 5.41. The van der Waals surface area contributed by atoms with Crippen LogP contribution in [0.1, 0.15) is 16.3 Å². The third-order valence-corrected chi connectivity index (χ3v) is 2.91. The van der Waals surface area contributed by atoms with Gasteiger partial charge in [-0.15, -0.1) is 11.3 Å². The summed E-state index contributed by atoms with van der Waals surface area (Å²) in [4.78, 5) is 9.61. The van der Waals surface area contributed by atoms with Gasteiger partial charge in [0.05, 0.1) is 11.6 Å². The monoisotopic (exact) mass is 257 g/mol. The molecular formula is C10H19N5OS.